The zero-order valence-corrected chi connectivity index (χ0v) is 9.50. The van der Waals surface area contributed by atoms with Crippen molar-refractivity contribution >= 4 is 15.9 Å². The maximum absolute atomic E-state index is 5.84. The van der Waals surface area contributed by atoms with Crippen molar-refractivity contribution in [2.24, 2.45) is 0 Å². The van der Waals surface area contributed by atoms with Crippen molar-refractivity contribution in [2.45, 2.75) is 17.9 Å². The molecular weight excluding hydrogens is 244 g/mol. The average molecular weight is 257 g/mol. The molecule has 0 spiro atoms. The molecule has 3 heteroatoms. The summed E-state index contributed by atoms with van der Waals surface area (Å²) in [6.45, 7) is 1.54. The maximum atomic E-state index is 5.84. The second-order valence-corrected chi connectivity index (χ2v) is 3.91. The molecule has 1 atom stereocenters. The molecule has 0 radical (unpaired) electrons. The van der Waals surface area contributed by atoms with E-state index >= 15 is 0 Å². The monoisotopic (exact) mass is 256 g/mol. The molecule has 0 N–H and O–H groups in total. The largest absolute Gasteiger partial charge is 0.488 e. The molecule has 1 fully saturated rings. The molecule has 1 aromatic carbocycles. The topological polar surface area (TPSA) is 18.5 Å². The molecule has 1 unspecified atom stereocenters. The van der Waals surface area contributed by atoms with E-state index in [9.17, 15) is 0 Å². The fourth-order valence-electron chi connectivity index (χ4n) is 1.51. The summed E-state index contributed by atoms with van der Waals surface area (Å²) >= 11 is 3.45. The van der Waals surface area contributed by atoms with E-state index < -0.39 is 0 Å². The third kappa shape index (κ3) is 2.28. The summed E-state index contributed by atoms with van der Waals surface area (Å²) in [5.74, 6) is 0.972. The second kappa shape index (κ2) is 4.80. The molecule has 1 aromatic rings. The van der Waals surface area contributed by atoms with Gasteiger partial charge in [0.05, 0.1) is 13.2 Å². The van der Waals surface area contributed by atoms with Crippen molar-refractivity contribution in [2.75, 3.05) is 13.2 Å². The van der Waals surface area contributed by atoms with Gasteiger partial charge in [-0.2, -0.15) is 0 Å². The van der Waals surface area contributed by atoms with Crippen LogP contribution in [-0.2, 0) is 10.1 Å². The summed E-state index contributed by atoms with van der Waals surface area (Å²) in [7, 11) is 0. The lowest BCUT2D eigenvalue weighted by Gasteiger charge is -2.14. The SMILES string of the molecule is BrCc1ccccc1OC1CCOC1. The Balaban J connectivity index is 2.07. The third-order valence-corrected chi connectivity index (χ3v) is 2.90. The predicted molar refractivity (Wildman–Crippen MR) is 58.9 cm³/mol. The van der Waals surface area contributed by atoms with Crippen LogP contribution < -0.4 is 4.74 Å². The van der Waals surface area contributed by atoms with Crippen molar-refractivity contribution in [3.63, 3.8) is 0 Å². The van der Waals surface area contributed by atoms with Gasteiger partial charge in [-0.05, 0) is 6.07 Å². The van der Waals surface area contributed by atoms with Gasteiger partial charge in [-0.3, -0.25) is 0 Å². The van der Waals surface area contributed by atoms with Gasteiger partial charge in [-0.25, -0.2) is 0 Å². The van der Waals surface area contributed by atoms with Gasteiger partial charge in [0.1, 0.15) is 11.9 Å². The van der Waals surface area contributed by atoms with E-state index in [4.69, 9.17) is 9.47 Å². The highest BCUT2D eigenvalue weighted by atomic mass is 79.9. The van der Waals surface area contributed by atoms with Gasteiger partial charge in [0.25, 0.3) is 0 Å². The van der Waals surface area contributed by atoms with E-state index in [-0.39, 0.29) is 6.10 Å². The molecule has 0 amide bonds. The number of benzene rings is 1. The molecule has 14 heavy (non-hydrogen) atoms. The first-order valence-electron chi connectivity index (χ1n) is 4.78. The van der Waals surface area contributed by atoms with Crippen LogP contribution in [0.15, 0.2) is 24.3 Å². The van der Waals surface area contributed by atoms with Crippen LogP contribution >= 0.6 is 15.9 Å². The molecule has 1 heterocycles. The van der Waals surface area contributed by atoms with E-state index in [1.165, 1.54) is 5.56 Å². The Kier molecular flexibility index (Phi) is 3.43. The van der Waals surface area contributed by atoms with E-state index in [2.05, 4.69) is 22.0 Å². The Morgan fingerprint density at radius 1 is 1.43 bits per heavy atom. The Morgan fingerprint density at radius 3 is 3.00 bits per heavy atom. The van der Waals surface area contributed by atoms with Crippen LogP contribution in [0.1, 0.15) is 12.0 Å². The van der Waals surface area contributed by atoms with Crippen LogP contribution in [0.25, 0.3) is 0 Å². The lowest BCUT2D eigenvalue weighted by atomic mass is 10.2. The zero-order chi connectivity index (χ0) is 9.80. The van der Waals surface area contributed by atoms with Gasteiger partial charge in [0.2, 0.25) is 0 Å². The smallest absolute Gasteiger partial charge is 0.124 e. The highest BCUT2D eigenvalue weighted by molar-refractivity contribution is 9.08. The Morgan fingerprint density at radius 2 is 2.29 bits per heavy atom. The lowest BCUT2D eigenvalue weighted by molar-refractivity contribution is 0.141. The summed E-state index contributed by atoms with van der Waals surface area (Å²) < 4.78 is 11.1. The van der Waals surface area contributed by atoms with Crippen LogP contribution in [0.3, 0.4) is 0 Å². The summed E-state index contributed by atoms with van der Waals surface area (Å²) in [4.78, 5) is 0. The van der Waals surface area contributed by atoms with Crippen LogP contribution in [-0.4, -0.2) is 19.3 Å². The van der Waals surface area contributed by atoms with Crippen LogP contribution in [0, 0.1) is 0 Å². The Hall–Kier alpha value is -0.540. The Labute approximate surface area is 92.3 Å². The number of para-hydroxylation sites is 1. The van der Waals surface area contributed by atoms with E-state index in [0.29, 0.717) is 0 Å². The van der Waals surface area contributed by atoms with Gasteiger partial charge >= 0.3 is 0 Å². The number of alkyl halides is 1. The quantitative estimate of drug-likeness (QED) is 0.775. The molecule has 0 aliphatic carbocycles. The van der Waals surface area contributed by atoms with E-state index in [0.717, 1.165) is 30.7 Å². The molecular formula is C11H13BrO2. The molecule has 1 aliphatic rings. The maximum Gasteiger partial charge on any atom is 0.124 e. The van der Waals surface area contributed by atoms with Crippen molar-refractivity contribution in [1.82, 2.24) is 0 Å². The summed E-state index contributed by atoms with van der Waals surface area (Å²) in [5.41, 5.74) is 1.19. The number of halogens is 1. The molecule has 1 aliphatic heterocycles. The number of hydrogen-bond acceptors (Lipinski definition) is 2. The summed E-state index contributed by atoms with van der Waals surface area (Å²) in [5, 5.41) is 0.830. The van der Waals surface area contributed by atoms with Gasteiger partial charge in [-0.1, -0.05) is 34.1 Å². The minimum absolute atomic E-state index is 0.232. The number of ether oxygens (including phenoxy) is 2. The Bertz CT molecular complexity index is 295. The first-order chi connectivity index (χ1) is 6.90. The predicted octanol–water partition coefficient (Wildman–Crippen LogP) is 2.75. The molecule has 76 valence electrons. The second-order valence-electron chi connectivity index (χ2n) is 3.34. The fourth-order valence-corrected chi connectivity index (χ4v) is 1.98. The minimum Gasteiger partial charge on any atom is -0.488 e. The van der Waals surface area contributed by atoms with Crippen LogP contribution in [0.2, 0.25) is 0 Å². The molecule has 2 rings (SSSR count). The van der Waals surface area contributed by atoms with Gasteiger partial charge in [0, 0.05) is 17.3 Å². The minimum atomic E-state index is 0.232. The molecule has 0 bridgehead atoms. The highest BCUT2D eigenvalue weighted by Crippen LogP contribution is 2.23. The van der Waals surface area contributed by atoms with Crippen molar-refractivity contribution in [3.8, 4) is 5.75 Å². The fraction of sp³-hybridized carbons (Fsp3) is 0.455. The first kappa shape index (κ1) is 9.99. The van der Waals surface area contributed by atoms with Crippen molar-refractivity contribution in [3.05, 3.63) is 29.8 Å². The molecule has 0 saturated carbocycles. The third-order valence-electron chi connectivity index (χ3n) is 2.30. The normalized spacial score (nSPS) is 21.1. The van der Waals surface area contributed by atoms with E-state index in [1.807, 2.05) is 18.2 Å². The van der Waals surface area contributed by atoms with Crippen LogP contribution in [0.4, 0.5) is 0 Å². The van der Waals surface area contributed by atoms with Gasteiger partial charge in [0.15, 0.2) is 0 Å². The van der Waals surface area contributed by atoms with Crippen LogP contribution in [0.5, 0.6) is 5.75 Å². The molecule has 1 saturated heterocycles. The summed E-state index contributed by atoms with van der Waals surface area (Å²) in [6, 6.07) is 8.10. The average Bonchev–Trinajstić information content (AvgIpc) is 2.71. The number of hydrogen-bond donors (Lipinski definition) is 0. The molecule has 0 aromatic heterocycles. The number of rotatable bonds is 3. The van der Waals surface area contributed by atoms with Crippen molar-refractivity contribution in [1.29, 1.82) is 0 Å². The van der Waals surface area contributed by atoms with Gasteiger partial charge < -0.3 is 9.47 Å². The van der Waals surface area contributed by atoms with Gasteiger partial charge in [-0.15, -0.1) is 0 Å². The highest BCUT2D eigenvalue weighted by Gasteiger charge is 2.17. The lowest BCUT2D eigenvalue weighted by Crippen LogP contribution is -2.16. The first-order valence-corrected chi connectivity index (χ1v) is 5.90. The standard InChI is InChI=1S/C11H13BrO2/c12-7-9-3-1-2-4-11(9)14-10-5-6-13-8-10/h1-4,10H,5-8H2. The zero-order valence-electron chi connectivity index (χ0n) is 7.91. The van der Waals surface area contributed by atoms with Crippen molar-refractivity contribution < 1.29 is 9.47 Å². The molecule has 2 nitrogen and oxygen atoms in total. The van der Waals surface area contributed by atoms with E-state index in [1.54, 1.807) is 0 Å². The summed E-state index contributed by atoms with van der Waals surface area (Å²) in [6.07, 6.45) is 1.23.